The Bertz CT molecular complexity index is 1280. The normalized spacial score (nSPS) is 10.9. The van der Waals surface area contributed by atoms with Crippen LogP contribution in [0.4, 0.5) is 25.1 Å². The third-order valence-electron chi connectivity index (χ3n) is 4.42. The number of benzene rings is 2. The van der Waals surface area contributed by atoms with Crippen molar-refractivity contribution in [3.8, 4) is 11.3 Å². The average molecular weight is 522 g/mol. The van der Waals surface area contributed by atoms with Gasteiger partial charge < -0.3 is 16.0 Å². The van der Waals surface area contributed by atoms with E-state index in [0.29, 0.717) is 33.2 Å². The number of urea groups is 1. The van der Waals surface area contributed by atoms with Crippen LogP contribution in [0.2, 0.25) is 5.02 Å². The van der Waals surface area contributed by atoms with Crippen molar-refractivity contribution in [2.24, 2.45) is 0 Å². The number of carbonyl (C=O) groups is 1. The molecule has 0 saturated carbocycles. The molecule has 0 aliphatic heterocycles. The van der Waals surface area contributed by atoms with Crippen molar-refractivity contribution in [3.05, 3.63) is 75.9 Å². The van der Waals surface area contributed by atoms with Gasteiger partial charge in [0.15, 0.2) is 5.65 Å². The van der Waals surface area contributed by atoms with Gasteiger partial charge in [-0.25, -0.2) is 18.6 Å². The number of carbonyl (C=O) groups excluding carboxylic acids is 1. The summed E-state index contributed by atoms with van der Waals surface area (Å²) in [6.45, 7) is 0.584. The maximum absolute atomic E-state index is 13.2. The minimum absolute atomic E-state index is 0.0228. The highest BCUT2D eigenvalue weighted by Crippen LogP contribution is 2.30. The molecule has 2 aromatic heterocycles. The minimum Gasteiger partial charge on any atom is -0.368 e. The Kier molecular flexibility index (Phi) is 6.52. The number of fused-ring (bicyclic) bond motifs is 1. The van der Waals surface area contributed by atoms with E-state index in [2.05, 4.69) is 42.0 Å². The number of aromatic nitrogens is 3. The van der Waals surface area contributed by atoms with E-state index in [0.717, 1.165) is 23.8 Å². The monoisotopic (exact) mass is 520 g/mol. The molecule has 0 atom stereocenters. The molecule has 2 aromatic carbocycles. The third kappa shape index (κ3) is 4.97. The molecule has 0 radical (unpaired) electrons. The smallest absolute Gasteiger partial charge is 0.319 e. The van der Waals surface area contributed by atoms with Crippen LogP contribution in [-0.4, -0.2) is 33.7 Å². The molecule has 7 nitrogen and oxygen atoms in total. The van der Waals surface area contributed by atoms with Gasteiger partial charge in [0.1, 0.15) is 17.5 Å². The maximum Gasteiger partial charge on any atom is 0.319 e. The number of amides is 2. The van der Waals surface area contributed by atoms with E-state index in [4.69, 9.17) is 11.6 Å². The predicted molar refractivity (Wildman–Crippen MR) is 123 cm³/mol. The lowest BCUT2D eigenvalue weighted by Gasteiger charge is -2.12. The zero-order valence-electron chi connectivity index (χ0n) is 16.4. The van der Waals surface area contributed by atoms with Gasteiger partial charge in [-0.2, -0.15) is 9.61 Å². The van der Waals surface area contributed by atoms with E-state index >= 15 is 0 Å². The van der Waals surface area contributed by atoms with Crippen LogP contribution in [0, 0.1) is 11.6 Å². The SMILES string of the molecule is O=C(NCCNc1cc(-c2ccccc2Cl)nc2c(Br)cnn12)Nc1cc(F)cc(F)c1. The quantitative estimate of drug-likeness (QED) is 0.300. The molecule has 164 valence electrons. The van der Waals surface area contributed by atoms with E-state index in [1.165, 1.54) is 0 Å². The number of hydrogen-bond donors (Lipinski definition) is 3. The topological polar surface area (TPSA) is 83.3 Å². The lowest BCUT2D eigenvalue weighted by Crippen LogP contribution is -2.32. The van der Waals surface area contributed by atoms with E-state index in [1.807, 2.05) is 24.3 Å². The first-order valence-electron chi connectivity index (χ1n) is 9.45. The summed E-state index contributed by atoms with van der Waals surface area (Å²) in [7, 11) is 0. The van der Waals surface area contributed by atoms with Gasteiger partial charge in [0.05, 0.1) is 16.4 Å². The molecule has 0 saturated heterocycles. The fourth-order valence-electron chi connectivity index (χ4n) is 3.04. The van der Waals surface area contributed by atoms with Gasteiger partial charge in [0.25, 0.3) is 0 Å². The first-order chi connectivity index (χ1) is 15.4. The Labute approximate surface area is 194 Å². The lowest BCUT2D eigenvalue weighted by atomic mass is 10.1. The second-order valence-corrected chi connectivity index (χ2v) is 7.96. The van der Waals surface area contributed by atoms with Crippen LogP contribution in [0.25, 0.3) is 16.9 Å². The summed E-state index contributed by atoms with van der Waals surface area (Å²) in [6.07, 6.45) is 1.63. The van der Waals surface area contributed by atoms with Crippen molar-refractivity contribution in [2.45, 2.75) is 0 Å². The number of rotatable bonds is 6. The fourth-order valence-corrected chi connectivity index (χ4v) is 3.62. The number of anilines is 2. The van der Waals surface area contributed by atoms with Gasteiger partial charge in [-0.05, 0) is 34.1 Å². The first-order valence-corrected chi connectivity index (χ1v) is 10.6. The van der Waals surface area contributed by atoms with E-state index in [9.17, 15) is 13.6 Å². The fraction of sp³-hybridized carbons (Fsp3) is 0.0952. The van der Waals surface area contributed by atoms with E-state index in [1.54, 1.807) is 16.8 Å². The Morgan fingerprint density at radius 1 is 1.09 bits per heavy atom. The molecular formula is C21H16BrClF2N6O. The molecule has 0 bridgehead atoms. The molecule has 2 heterocycles. The Balaban J connectivity index is 1.44. The summed E-state index contributed by atoms with van der Waals surface area (Å²) in [5.74, 6) is -0.906. The van der Waals surface area contributed by atoms with Crippen molar-refractivity contribution in [3.63, 3.8) is 0 Å². The van der Waals surface area contributed by atoms with Crippen LogP contribution in [0.3, 0.4) is 0 Å². The Morgan fingerprint density at radius 2 is 1.84 bits per heavy atom. The molecule has 11 heteroatoms. The van der Waals surface area contributed by atoms with Gasteiger partial charge in [0, 0.05) is 41.5 Å². The Morgan fingerprint density at radius 3 is 2.59 bits per heavy atom. The van der Waals surface area contributed by atoms with E-state index in [-0.39, 0.29) is 12.2 Å². The highest BCUT2D eigenvalue weighted by atomic mass is 79.9. The van der Waals surface area contributed by atoms with Gasteiger partial charge >= 0.3 is 6.03 Å². The molecule has 0 aliphatic carbocycles. The number of halogens is 4. The third-order valence-corrected chi connectivity index (χ3v) is 5.30. The average Bonchev–Trinajstić information content (AvgIpc) is 3.11. The molecule has 0 fully saturated rings. The number of nitrogens with zero attached hydrogens (tertiary/aromatic N) is 3. The van der Waals surface area contributed by atoms with Crippen molar-refractivity contribution in [1.29, 1.82) is 0 Å². The van der Waals surface area contributed by atoms with Gasteiger partial charge in [0.2, 0.25) is 0 Å². The molecule has 2 amide bonds. The second kappa shape index (κ2) is 9.49. The number of nitrogens with one attached hydrogen (secondary N) is 3. The minimum atomic E-state index is -0.775. The van der Waals surface area contributed by atoms with Crippen LogP contribution in [-0.2, 0) is 0 Å². The second-order valence-electron chi connectivity index (χ2n) is 6.70. The molecule has 0 unspecified atom stereocenters. The molecule has 0 spiro atoms. The zero-order valence-corrected chi connectivity index (χ0v) is 18.7. The summed E-state index contributed by atoms with van der Waals surface area (Å²) in [4.78, 5) is 16.6. The molecule has 3 N–H and O–H groups in total. The summed E-state index contributed by atoms with van der Waals surface area (Å²) < 4.78 is 28.8. The summed E-state index contributed by atoms with van der Waals surface area (Å²) >= 11 is 9.77. The molecule has 4 rings (SSSR count). The van der Waals surface area contributed by atoms with Gasteiger partial charge in [-0.3, -0.25) is 0 Å². The maximum atomic E-state index is 13.2. The zero-order chi connectivity index (χ0) is 22.7. The summed E-state index contributed by atoms with van der Waals surface area (Å²) in [5.41, 5.74) is 2.05. The summed E-state index contributed by atoms with van der Waals surface area (Å²) in [6, 6.07) is 11.4. The first kappa shape index (κ1) is 22.0. The summed E-state index contributed by atoms with van der Waals surface area (Å²) in [5, 5.41) is 13.1. The van der Waals surface area contributed by atoms with Crippen LogP contribution >= 0.6 is 27.5 Å². The lowest BCUT2D eigenvalue weighted by molar-refractivity contribution is 0.252. The molecular weight excluding hydrogens is 506 g/mol. The van der Waals surface area contributed by atoms with Gasteiger partial charge in [-0.15, -0.1) is 0 Å². The molecule has 0 aliphatic rings. The van der Waals surface area contributed by atoms with Crippen molar-refractivity contribution < 1.29 is 13.6 Å². The van der Waals surface area contributed by atoms with Crippen LogP contribution in [0.15, 0.2) is 59.2 Å². The number of hydrogen-bond acceptors (Lipinski definition) is 4. The van der Waals surface area contributed by atoms with Crippen LogP contribution in [0.5, 0.6) is 0 Å². The van der Waals surface area contributed by atoms with Crippen molar-refractivity contribution in [1.82, 2.24) is 19.9 Å². The molecule has 4 aromatic rings. The van der Waals surface area contributed by atoms with Crippen LogP contribution < -0.4 is 16.0 Å². The Hall–Kier alpha value is -3.24. The predicted octanol–water partition coefficient (Wildman–Crippen LogP) is 5.32. The van der Waals surface area contributed by atoms with Gasteiger partial charge in [-0.1, -0.05) is 29.8 Å². The molecule has 32 heavy (non-hydrogen) atoms. The highest BCUT2D eigenvalue weighted by Gasteiger charge is 2.13. The van der Waals surface area contributed by atoms with Crippen molar-refractivity contribution >= 4 is 50.7 Å². The largest absolute Gasteiger partial charge is 0.368 e. The van der Waals surface area contributed by atoms with Crippen LogP contribution in [0.1, 0.15) is 0 Å². The standard InChI is InChI=1S/C21H16BrClF2N6O/c22-16-11-28-31-19(10-18(30-20(16)31)15-3-1-2-4-17(15)23)26-5-6-27-21(32)29-14-8-12(24)7-13(25)9-14/h1-4,7-11,26H,5-6H2,(H2,27,29,32). The van der Waals surface area contributed by atoms with E-state index < -0.39 is 17.7 Å². The highest BCUT2D eigenvalue weighted by molar-refractivity contribution is 9.10. The van der Waals surface area contributed by atoms with Crippen molar-refractivity contribution in [2.75, 3.05) is 23.7 Å².